The number of fused-ring (bicyclic) bond motifs is 3. The summed E-state index contributed by atoms with van der Waals surface area (Å²) in [6, 6.07) is 63.5. The molecule has 4 nitrogen and oxygen atoms in total. The molecule has 0 atom stereocenters. The van der Waals surface area contributed by atoms with Gasteiger partial charge in [-0.3, -0.25) is 0 Å². The summed E-state index contributed by atoms with van der Waals surface area (Å²) in [6.07, 6.45) is 1.66. The first-order valence-corrected chi connectivity index (χ1v) is 21.6. The van der Waals surface area contributed by atoms with Gasteiger partial charge in [-0.05, 0) is 117 Å². The van der Waals surface area contributed by atoms with Gasteiger partial charge in [-0.25, -0.2) is 15.0 Å². The molecule has 300 valence electrons. The van der Waals surface area contributed by atoms with Crippen LogP contribution in [0.15, 0.2) is 176 Å². The van der Waals surface area contributed by atoms with Crippen molar-refractivity contribution in [2.75, 3.05) is 0 Å². The molecular formula is C58H48N4. The molecule has 0 unspecified atom stereocenters. The molecule has 0 radical (unpaired) electrons. The fourth-order valence-electron chi connectivity index (χ4n) is 8.98. The van der Waals surface area contributed by atoms with Crippen molar-refractivity contribution in [3.05, 3.63) is 215 Å². The summed E-state index contributed by atoms with van der Waals surface area (Å²) in [6.45, 7) is 10.9. The van der Waals surface area contributed by atoms with Crippen molar-refractivity contribution in [2.45, 2.75) is 47.5 Å². The molecule has 0 spiro atoms. The Labute approximate surface area is 364 Å². The highest BCUT2D eigenvalue weighted by Crippen LogP contribution is 2.39. The third-order valence-electron chi connectivity index (χ3n) is 12.2. The van der Waals surface area contributed by atoms with Crippen LogP contribution in [0, 0.1) is 34.6 Å². The highest BCUT2D eigenvalue weighted by molar-refractivity contribution is 6.10. The fraction of sp³-hybridized carbons (Fsp3) is 0.121. The first kappa shape index (κ1) is 38.8. The molecule has 0 saturated carbocycles. The van der Waals surface area contributed by atoms with Crippen molar-refractivity contribution in [3.8, 4) is 62.1 Å². The Bertz CT molecular complexity index is 3170. The number of aromatic nitrogens is 4. The second-order valence-electron chi connectivity index (χ2n) is 16.8. The van der Waals surface area contributed by atoms with Gasteiger partial charge in [0.25, 0.3) is 0 Å². The summed E-state index contributed by atoms with van der Waals surface area (Å²) in [7, 11) is 0. The molecule has 10 aromatic rings. The number of para-hydroxylation sites is 1. The third-order valence-corrected chi connectivity index (χ3v) is 12.2. The van der Waals surface area contributed by atoms with E-state index < -0.39 is 0 Å². The van der Waals surface area contributed by atoms with E-state index in [-0.39, 0.29) is 0 Å². The van der Waals surface area contributed by atoms with E-state index in [4.69, 9.17) is 15.0 Å². The van der Waals surface area contributed by atoms with E-state index in [0.29, 0.717) is 17.5 Å². The molecule has 0 aliphatic rings. The summed E-state index contributed by atoms with van der Waals surface area (Å²) in [5, 5.41) is 2.52. The molecule has 2 heterocycles. The van der Waals surface area contributed by atoms with Gasteiger partial charge in [0.15, 0.2) is 17.5 Å². The van der Waals surface area contributed by atoms with E-state index in [1.165, 1.54) is 71.9 Å². The van der Waals surface area contributed by atoms with Gasteiger partial charge in [0, 0.05) is 33.0 Å². The quantitative estimate of drug-likeness (QED) is 0.146. The average molecular weight is 801 g/mol. The smallest absolute Gasteiger partial charge is 0.164 e. The Morgan fingerprint density at radius 1 is 0.355 bits per heavy atom. The van der Waals surface area contributed by atoms with Crippen LogP contribution in [0.4, 0.5) is 0 Å². The minimum atomic E-state index is 0.651. The number of aryl methyl sites for hydroxylation is 7. The van der Waals surface area contributed by atoms with Gasteiger partial charge in [-0.1, -0.05) is 162 Å². The van der Waals surface area contributed by atoms with Crippen LogP contribution in [0.5, 0.6) is 0 Å². The van der Waals surface area contributed by atoms with Gasteiger partial charge in [0.2, 0.25) is 0 Å². The highest BCUT2D eigenvalue weighted by atomic mass is 15.0. The van der Waals surface area contributed by atoms with Gasteiger partial charge in [-0.2, -0.15) is 0 Å². The van der Waals surface area contributed by atoms with E-state index in [1.807, 2.05) is 36.4 Å². The zero-order valence-corrected chi connectivity index (χ0v) is 35.9. The lowest BCUT2D eigenvalue weighted by Gasteiger charge is -2.18. The largest absolute Gasteiger partial charge is 0.309 e. The zero-order chi connectivity index (χ0) is 42.3. The lowest BCUT2D eigenvalue weighted by Crippen LogP contribution is -2.04. The number of hydrogen-bond acceptors (Lipinski definition) is 3. The average Bonchev–Trinajstić information content (AvgIpc) is 3.62. The first-order valence-electron chi connectivity index (χ1n) is 21.6. The van der Waals surface area contributed by atoms with Crippen molar-refractivity contribution in [3.63, 3.8) is 0 Å². The van der Waals surface area contributed by atoms with Crippen LogP contribution >= 0.6 is 0 Å². The van der Waals surface area contributed by atoms with Crippen LogP contribution in [0.1, 0.15) is 38.9 Å². The maximum atomic E-state index is 5.29. The predicted octanol–water partition coefficient (Wildman–Crippen LogP) is 14.6. The standard InChI is InChI=1S/C58H48N4/c1-37-20-24-41(5)48(32-37)49-33-38(2)21-25-42(49)26-27-43-28-29-46(36-50(43)58-60-56(44-14-8-6-9-15-44)59-57(61-58)45-16-10-7-11-17-45)47-18-12-13-19-53(47)62-54-30-22-39(3)34-51(54)52-35-40(4)23-31-55(52)62/h6-25,28-36H,26-27H2,1-5H3. The van der Waals surface area contributed by atoms with Crippen LogP contribution in [-0.4, -0.2) is 19.5 Å². The molecule has 10 rings (SSSR count). The molecule has 0 N–H and O–H groups in total. The van der Waals surface area contributed by atoms with Crippen molar-refractivity contribution < 1.29 is 0 Å². The van der Waals surface area contributed by atoms with Gasteiger partial charge in [0.1, 0.15) is 0 Å². The van der Waals surface area contributed by atoms with Crippen molar-refractivity contribution in [1.29, 1.82) is 0 Å². The molecule has 2 aromatic heterocycles. The summed E-state index contributed by atoms with van der Waals surface area (Å²) in [5.74, 6) is 1.96. The molecule has 4 heteroatoms. The van der Waals surface area contributed by atoms with E-state index in [9.17, 15) is 0 Å². The minimum absolute atomic E-state index is 0.651. The van der Waals surface area contributed by atoms with Crippen LogP contribution in [0.2, 0.25) is 0 Å². The van der Waals surface area contributed by atoms with E-state index in [1.54, 1.807) is 0 Å². The second-order valence-corrected chi connectivity index (χ2v) is 16.8. The topological polar surface area (TPSA) is 43.6 Å². The van der Waals surface area contributed by atoms with Gasteiger partial charge in [-0.15, -0.1) is 0 Å². The van der Waals surface area contributed by atoms with E-state index in [0.717, 1.165) is 46.3 Å². The van der Waals surface area contributed by atoms with Crippen LogP contribution in [-0.2, 0) is 12.8 Å². The van der Waals surface area contributed by atoms with Crippen LogP contribution in [0.3, 0.4) is 0 Å². The summed E-state index contributed by atoms with van der Waals surface area (Å²) in [4.78, 5) is 15.6. The van der Waals surface area contributed by atoms with Crippen LogP contribution < -0.4 is 0 Å². The maximum Gasteiger partial charge on any atom is 0.164 e. The summed E-state index contributed by atoms with van der Waals surface area (Å²) >= 11 is 0. The van der Waals surface area contributed by atoms with Crippen LogP contribution in [0.25, 0.3) is 83.9 Å². The lowest BCUT2D eigenvalue weighted by atomic mass is 9.89. The SMILES string of the molecule is Cc1ccc(C)c(-c2cc(C)ccc2CCc2ccc(-c3ccccc3-n3c4ccc(C)cc4c4cc(C)ccc43)cc2-c2nc(-c3ccccc3)nc(-c3ccccc3)n2)c1. The molecule has 8 aromatic carbocycles. The Morgan fingerprint density at radius 3 is 1.47 bits per heavy atom. The van der Waals surface area contributed by atoms with Gasteiger partial charge in [0.05, 0.1) is 16.7 Å². The Balaban J connectivity index is 1.17. The second kappa shape index (κ2) is 16.2. The maximum absolute atomic E-state index is 5.29. The molecular weight excluding hydrogens is 753 g/mol. The van der Waals surface area contributed by atoms with Crippen molar-refractivity contribution in [2.24, 2.45) is 0 Å². The molecule has 0 aliphatic heterocycles. The van der Waals surface area contributed by atoms with Crippen molar-refractivity contribution >= 4 is 21.8 Å². The molecule has 62 heavy (non-hydrogen) atoms. The number of nitrogens with zero attached hydrogens (tertiary/aromatic N) is 4. The van der Waals surface area contributed by atoms with Gasteiger partial charge < -0.3 is 4.57 Å². The monoisotopic (exact) mass is 800 g/mol. The Hall–Kier alpha value is -7.43. The molecule has 0 aliphatic carbocycles. The predicted molar refractivity (Wildman–Crippen MR) is 259 cm³/mol. The Morgan fingerprint density at radius 2 is 0.839 bits per heavy atom. The zero-order valence-electron chi connectivity index (χ0n) is 35.9. The molecule has 0 saturated heterocycles. The van der Waals surface area contributed by atoms with Gasteiger partial charge >= 0.3 is 0 Å². The first-order chi connectivity index (χ1) is 30.3. The number of hydrogen-bond donors (Lipinski definition) is 0. The van der Waals surface area contributed by atoms with E-state index in [2.05, 4.69) is 179 Å². The summed E-state index contributed by atoms with van der Waals surface area (Å²) < 4.78 is 2.43. The minimum Gasteiger partial charge on any atom is -0.309 e. The fourth-order valence-corrected chi connectivity index (χ4v) is 8.98. The summed E-state index contributed by atoms with van der Waals surface area (Å²) in [5.41, 5.74) is 20.1. The highest BCUT2D eigenvalue weighted by Gasteiger charge is 2.20. The number of benzene rings is 8. The van der Waals surface area contributed by atoms with E-state index >= 15 is 0 Å². The molecule has 0 fully saturated rings. The normalized spacial score (nSPS) is 11.4. The third kappa shape index (κ3) is 7.39. The lowest BCUT2D eigenvalue weighted by molar-refractivity contribution is 0.956. The molecule has 0 amide bonds. The van der Waals surface area contributed by atoms with Crippen molar-refractivity contribution in [1.82, 2.24) is 19.5 Å². The number of rotatable bonds is 9. The molecule has 0 bridgehead atoms. The Kier molecular flexibility index (Phi) is 10.1.